The molecule has 0 spiro atoms. The molecule has 1 heterocycles. The maximum Gasteiger partial charge on any atom is 0.244 e. The number of nitrogens with one attached hydrogen (secondary N) is 1. The third-order valence-corrected chi connectivity index (χ3v) is 3.83. The van der Waals surface area contributed by atoms with Crippen molar-refractivity contribution < 1.29 is 4.79 Å². The number of anilines is 1. The topological polar surface area (TPSA) is 72.9 Å². The summed E-state index contributed by atoms with van der Waals surface area (Å²) in [5, 5.41) is 2.87. The van der Waals surface area contributed by atoms with Gasteiger partial charge in [-0.05, 0) is 31.2 Å². The number of amides is 1. The van der Waals surface area contributed by atoms with E-state index in [1.165, 1.54) is 0 Å². The lowest BCUT2D eigenvalue weighted by atomic mass is 10.2. The van der Waals surface area contributed by atoms with Crippen molar-refractivity contribution in [2.24, 2.45) is 5.73 Å². The number of imidazole rings is 1. The first-order valence-electron chi connectivity index (χ1n) is 7.17. The number of nitrogens with zero attached hydrogens (tertiary/aromatic N) is 2. The van der Waals surface area contributed by atoms with Gasteiger partial charge >= 0.3 is 0 Å². The summed E-state index contributed by atoms with van der Waals surface area (Å²) in [5.74, 6) is 0.643. The highest BCUT2D eigenvalue weighted by Crippen LogP contribution is 2.17. The second-order valence-corrected chi connectivity index (χ2v) is 5.63. The van der Waals surface area contributed by atoms with Gasteiger partial charge in [-0.3, -0.25) is 4.79 Å². The van der Waals surface area contributed by atoms with Gasteiger partial charge in [-0.15, -0.1) is 0 Å². The molecule has 5 nitrogen and oxygen atoms in total. The molecule has 0 aliphatic heterocycles. The monoisotopic (exact) mass is 324 g/mol. The zero-order valence-corrected chi connectivity index (χ0v) is 13.4. The minimum Gasteiger partial charge on any atom is -0.389 e. The summed E-state index contributed by atoms with van der Waals surface area (Å²) in [7, 11) is 0. The highest BCUT2D eigenvalue weighted by atomic mass is 32.1. The van der Waals surface area contributed by atoms with Gasteiger partial charge in [-0.25, -0.2) is 4.98 Å². The maximum atomic E-state index is 12.4. The van der Waals surface area contributed by atoms with Crippen LogP contribution in [0.5, 0.6) is 0 Å². The van der Waals surface area contributed by atoms with Crippen molar-refractivity contribution in [1.29, 1.82) is 0 Å². The Labute approximate surface area is 139 Å². The lowest BCUT2D eigenvalue weighted by molar-refractivity contribution is -0.116. The smallest absolute Gasteiger partial charge is 0.244 e. The van der Waals surface area contributed by atoms with Crippen molar-refractivity contribution in [3.63, 3.8) is 0 Å². The molecule has 0 unspecified atom stereocenters. The van der Waals surface area contributed by atoms with Crippen molar-refractivity contribution in [3.05, 3.63) is 59.9 Å². The zero-order chi connectivity index (χ0) is 16.4. The summed E-state index contributed by atoms with van der Waals surface area (Å²) in [4.78, 5) is 17.1. The Bertz CT molecular complexity index is 900. The fraction of sp³-hybridized carbons (Fsp3) is 0.118. The molecular formula is C17H16N4OS. The normalized spacial score (nSPS) is 10.7. The van der Waals surface area contributed by atoms with Crippen LogP contribution in [0.3, 0.4) is 0 Å². The van der Waals surface area contributed by atoms with E-state index in [1.807, 2.05) is 47.9 Å². The lowest BCUT2D eigenvalue weighted by Crippen LogP contribution is -2.22. The third-order valence-electron chi connectivity index (χ3n) is 3.61. The maximum absolute atomic E-state index is 12.4. The molecule has 1 amide bonds. The summed E-state index contributed by atoms with van der Waals surface area (Å²) in [6.45, 7) is 2.06. The number of hydrogen-bond acceptors (Lipinski definition) is 3. The number of aryl methyl sites for hydroxylation is 1. The largest absolute Gasteiger partial charge is 0.389 e. The Morgan fingerprint density at radius 3 is 2.70 bits per heavy atom. The fourth-order valence-electron chi connectivity index (χ4n) is 2.54. The number of para-hydroxylation sites is 3. The lowest BCUT2D eigenvalue weighted by Gasteiger charge is -2.11. The first kappa shape index (κ1) is 15.2. The number of hydrogen-bond donors (Lipinski definition) is 2. The number of aromatic nitrogens is 2. The Hall–Kier alpha value is -2.73. The van der Waals surface area contributed by atoms with Gasteiger partial charge in [0.25, 0.3) is 0 Å². The number of nitrogens with two attached hydrogens (primary N) is 1. The second-order valence-electron chi connectivity index (χ2n) is 5.19. The van der Waals surface area contributed by atoms with Crippen molar-refractivity contribution >= 4 is 39.8 Å². The van der Waals surface area contributed by atoms with Crippen LogP contribution in [0.15, 0.2) is 48.5 Å². The van der Waals surface area contributed by atoms with E-state index < -0.39 is 0 Å². The van der Waals surface area contributed by atoms with E-state index in [-0.39, 0.29) is 17.4 Å². The average Bonchev–Trinajstić information content (AvgIpc) is 2.83. The van der Waals surface area contributed by atoms with Crippen LogP contribution in [0, 0.1) is 6.92 Å². The molecule has 0 saturated carbocycles. The molecule has 0 radical (unpaired) electrons. The van der Waals surface area contributed by atoms with Crippen LogP contribution >= 0.6 is 12.2 Å². The molecule has 0 fully saturated rings. The standard InChI is InChI=1S/C17H16N4OS/c1-11-19-14-8-4-5-9-15(14)21(11)10-16(22)20-13-7-3-2-6-12(13)17(18)23/h2-9H,10H2,1H3,(H2,18,23)(H,20,22). The SMILES string of the molecule is Cc1nc2ccccc2n1CC(=O)Nc1ccccc1C(N)=S. The zero-order valence-electron chi connectivity index (χ0n) is 12.6. The molecule has 0 aliphatic rings. The summed E-state index contributed by atoms with van der Waals surface area (Å²) < 4.78 is 1.88. The summed E-state index contributed by atoms with van der Waals surface area (Å²) in [6, 6.07) is 15.0. The van der Waals surface area contributed by atoms with Gasteiger partial charge in [0, 0.05) is 5.56 Å². The Kier molecular flexibility index (Phi) is 4.08. The van der Waals surface area contributed by atoms with Crippen LogP contribution in [-0.4, -0.2) is 20.4 Å². The molecule has 0 aliphatic carbocycles. The first-order chi connectivity index (χ1) is 11.1. The predicted molar refractivity (Wildman–Crippen MR) is 95.4 cm³/mol. The number of fused-ring (bicyclic) bond motifs is 1. The summed E-state index contributed by atoms with van der Waals surface area (Å²) in [5.41, 5.74) is 8.77. The predicted octanol–water partition coefficient (Wildman–Crippen LogP) is 2.62. The molecule has 2 aromatic carbocycles. The minimum absolute atomic E-state index is 0.153. The van der Waals surface area contributed by atoms with E-state index >= 15 is 0 Å². The Morgan fingerprint density at radius 1 is 1.22 bits per heavy atom. The number of thiocarbonyl (C=S) groups is 1. The van der Waals surface area contributed by atoms with Crippen LogP contribution in [-0.2, 0) is 11.3 Å². The Balaban J connectivity index is 1.85. The highest BCUT2D eigenvalue weighted by Gasteiger charge is 2.12. The molecule has 1 aromatic heterocycles. The van der Waals surface area contributed by atoms with Crippen molar-refractivity contribution in [1.82, 2.24) is 9.55 Å². The molecule has 3 aromatic rings. The summed E-state index contributed by atoms with van der Waals surface area (Å²) >= 11 is 5.01. The van der Waals surface area contributed by atoms with Crippen LogP contribution in [0.25, 0.3) is 11.0 Å². The second kappa shape index (κ2) is 6.18. The fourth-order valence-corrected chi connectivity index (χ4v) is 2.71. The molecule has 3 rings (SSSR count). The van der Waals surface area contributed by atoms with Crippen LogP contribution in [0.1, 0.15) is 11.4 Å². The number of rotatable bonds is 4. The molecule has 0 saturated heterocycles. The van der Waals surface area contributed by atoms with E-state index in [1.54, 1.807) is 12.1 Å². The van der Waals surface area contributed by atoms with Crippen LogP contribution < -0.4 is 11.1 Å². The van der Waals surface area contributed by atoms with Crippen molar-refractivity contribution in [2.75, 3.05) is 5.32 Å². The molecule has 0 atom stereocenters. The molecule has 6 heteroatoms. The van der Waals surface area contributed by atoms with E-state index in [0.717, 1.165) is 16.9 Å². The molecule has 116 valence electrons. The van der Waals surface area contributed by atoms with Gasteiger partial charge in [-0.2, -0.15) is 0 Å². The van der Waals surface area contributed by atoms with E-state index in [4.69, 9.17) is 18.0 Å². The highest BCUT2D eigenvalue weighted by molar-refractivity contribution is 7.80. The number of carbonyl (C=O) groups is 1. The minimum atomic E-state index is -0.153. The quantitative estimate of drug-likeness (QED) is 0.724. The van der Waals surface area contributed by atoms with Gasteiger partial charge in [0.1, 0.15) is 17.4 Å². The molecule has 23 heavy (non-hydrogen) atoms. The molecule has 3 N–H and O–H groups in total. The van der Waals surface area contributed by atoms with Gasteiger partial charge in [0.05, 0.1) is 16.7 Å². The molecule has 0 bridgehead atoms. The third kappa shape index (κ3) is 3.07. The Morgan fingerprint density at radius 2 is 1.91 bits per heavy atom. The number of benzene rings is 2. The average molecular weight is 324 g/mol. The first-order valence-corrected chi connectivity index (χ1v) is 7.57. The van der Waals surface area contributed by atoms with Gasteiger partial charge in [0.15, 0.2) is 0 Å². The van der Waals surface area contributed by atoms with E-state index in [0.29, 0.717) is 11.3 Å². The number of carbonyl (C=O) groups excluding carboxylic acids is 1. The van der Waals surface area contributed by atoms with Crippen LogP contribution in [0.2, 0.25) is 0 Å². The van der Waals surface area contributed by atoms with Gasteiger partial charge < -0.3 is 15.6 Å². The van der Waals surface area contributed by atoms with Crippen LogP contribution in [0.4, 0.5) is 5.69 Å². The van der Waals surface area contributed by atoms with Crippen molar-refractivity contribution in [2.45, 2.75) is 13.5 Å². The van der Waals surface area contributed by atoms with Crippen molar-refractivity contribution in [3.8, 4) is 0 Å². The van der Waals surface area contributed by atoms with E-state index in [2.05, 4.69) is 10.3 Å². The van der Waals surface area contributed by atoms with E-state index in [9.17, 15) is 4.79 Å². The summed E-state index contributed by atoms with van der Waals surface area (Å²) in [6.07, 6.45) is 0. The van der Waals surface area contributed by atoms with Gasteiger partial charge in [0.2, 0.25) is 5.91 Å². The van der Waals surface area contributed by atoms with Gasteiger partial charge in [-0.1, -0.05) is 36.5 Å². The molecular weight excluding hydrogens is 308 g/mol.